The second-order valence-electron chi connectivity index (χ2n) is 7.41. The molecule has 0 radical (unpaired) electrons. The summed E-state index contributed by atoms with van der Waals surface area (Å²) >= 11 is 1.35. The predicted molar refractivity (Wildman–Crippen MR) is 121 cm³/mol. The maximum Gasteiger partial charge on any atom is 0.268 e. The number of aromatic nitrogens is 3. The van der Waals surface area contributed by atoms with Crippen molar-refractivity contribution in [3.8, 4) is 5.75 Å². The molecule has 0 fully saturated rings. The second-order valence-corrected chi connectivity index (χ2v) is 8.36. The van der Waals surface area contributed by atoms with E-state index in [0.29, 0.717) is 17.2 Å². The van der Waals surface area contributed by atoms with Gasteiger partial charge in [0.25, 0.3) is 11.9 Å². The van der Waals surface area contributed by atoms with Crippen LogP contribution in [0, 0.1) is 5.82 Å². The van der Waals surface area contributed by atoms with Crippen molar-refractivity contribution in [3.63, 3.8) is 0 Å². The summed E-state index contributed by atoms with van der Waals surface area (Å²) < 4.78 is 20.6. The van der Waals surface area contributed by atoms with Crippen molar-refractivity contribution < 1.29 is 13.9 Å². The van der Waals surface area contributed by atoms with Crippen LogP contribution in [-0.2, 0) is 0 Å². The predicted octanol–water partition coefficient (Wildman–Crippen LogP) is 4.89. The van der Waals surface area contributed by atoms with Crippen LogP contribution >= 0.6 is 11.3 Å². The van der Waals surface area contributed by atoms with Crippen molar-refractivity contribution in [2.24, 2.45) is 0 Å². The van der Waals surface area contributed by atoms with Crippen molar-refractivity contribution in [1.82, 2.24) is 14.8 Å². The average Bonchev–Trinajstić information content (AvgIpc) is 3.49. The summed E-state index contributed by atoms with van der Waals surface area (Å²) in [6.07, 6.45) is 0.673. The van der Waals surface area contributed by atoms with Crippen molar-refractivity contribution >= 4 is 29.1 Å². The molecule has 162 valence electrons. The van der Waals surface area contributed by atoms with Gasteiger partial charge in [-0.05, 0) is 53.3 Å². The molecule has 0 saturated heterocycles. The van der Waals surface area contributed by atoms with Gasteiger partial charge in [0.2, 0.25) is 5.95 Å². The van der Waals surface area contributed by atoms with Gasteiger partial charge < -0.3 is 10.1 Å². The first kappa shape index (κ1) is 20.2. The molecule has 2 unspecified atom stereocenters. The number of methoxy groups -OCH3 is 1. The number of carbonyl (C=O) groups is 1. The molecule has 7 nitrogen and oxygen atoms in total. The van der Waals surface area contributed by atoms with Crippen LogP contribution in [0.25, 0.3) is 0 Å². The quantitative estimate of drug-likeness (QED) is 0.454. The summed E-state index contributed by atoms with van der Waals surface area (Å²) in [6.45, 7) is 0. The number of rotatable bonds is 5. The number of anilines is 2. The Morgan fingerprint density at radius 3 is 2.59 bits per heavy atom. The SMILES string of the molecule is COc1ccc(C2CC(c3ccc(F)cc3)n3nc(NC(=O)c4cccs4)nc3N2)cc1. The van der Waals surface area contributed by atoms with E-state index >= 15 is 0 Å². The molecule has 2 aromatic heterocycles. The molecule has 0 bridgehead atoms. The normalized spacial score (nSPS) is 17.3. The number of carbonyl (C=O) groups excluding carboxylic acids is 1. The largest absolute Gasteiger partial charge is 0.497 e. The molecule has 2 aromatic carbocycles. The lowest BCUT2D eigenvalue weighted by Gasteiger charge is -2.31. The van der Waals surface area contributed by atoms with Gasteiger partial charge in [0, 0.05) is 0 Å². The summed E-state index contributed by atoms with van der Waals surface area (Å²) in [5, 5.41) is 12.6. The molecule has 5 rings (SSSR count). The molecule has 0 saturated carbocycles. The highest BCUT2D eigenvalue weighted by atomic mass is 32.1. The zero-order valence-electron chi connectivity index (χ0n) is 17.2. The third kappa shape index (κ3) is 3.94. The number of halogens is 1. The lowest BCUT2D eigenvalue weighted by atomic mass is 9.93. The zero-order chi connectivity index (χ0) is 22.1. The lowest BCUT2D eigenvalue weighted by molar-refractivity contribution is 0.102. The highest BCUT2D eigenvalue weighted by Gasteiger charge is 2.31. The lowest BCUT2D eigenvalue weighted by Crippen LogP contribution is -2.28. The molecule has 0 aliphatic carbocycles. The van der Waals surface area contributed by atoms with E-state index in [9.17, 15) is 9.18 Å². The van der Waals surface area contributed by atoms with E-state index in [1.165, 1.54) is 23.5 Å². The second kappa shape index (κ2) is 8.43. The maximum absolute atomic E-state index is 13.5. The summed E-state index contributed by atoms with van der Waals surface area (Å²) in [7, 11) is 1.63. The molecule has 1 aliphatic rings. The zero-order valence-corrected chi connectivity index (χ0v) is 18.0. The number of ether oxygens (including phenoxy) is 1. The van der Waals surface area contributed by atoms with Crippen LogP contribution in [0.5, 0.6) is 5.75 Å². The Morgan fingerprint density at radius 1 is 1.16 bits per heavy atom. The maximum atomic E-state index is 13.5. The van der Waals surface area contributed by atoms with E-state index < -0.39 is 0 Å². The minimum absolute atomic E-state index is 0.0477. The van der Waals surface area contributed by atoms with Gasteiger partial charge in [-0.1, -0.05) is 30.3 Å². The average molecular weight is 450 g/mol. The molecule has 9 heteroatoms. The minimum Gasteiger partial charge on any atom is -0.497 e. The Morgan fingerprint density at radius 2 is 1.91 bits per heavy atom. The number of fused-ring (bicyclic) bond motifs is 1. The summed E-state index contributed by atoms with van der Waals surface area (Å²) in [5.41, 5.74) is 1.98. The number of nitrogens with one attached hydrogen (secondary N) is 2. The van der Waals surface area contributed by atoms with E-state index in [0.717, 1.165) is 16.9 Å². The first-order valence-electron chi connectivity index (χ1n) is 10.1. The van der Waals surface area contributed by atoms with Crippen molar-refractivity contribution in [3.05, 3.63) is 87.9 Å². The van der Waals surface area contributed by atoms with Crippen LogP contribution in [0.15, 0.2) is 66.0 Å². The van der Waals surface area contributed by atoms with Crippen LogP contribution in [0.3, 0.4) is 0 Å². The number of amides is 1. The first-order chi connectivity index (χ1) is 15.6. The van der Waals surface area contributed by atoms with Gasteiger partial charge >= 0.3 is 0 Å². The minimum atomic E-state index is -0.294. The van der Waals surface area contributed by atoms with Crippen molar-refractivity contribution in [2.45, 2.75) is 18.5 Å². The number of hydrogen-bond acceptors (Lipinski definition) is 6. The number of nitrogens with zero attached hydrogens (tertiary/aromatic N) is 3. The van der Waals surface area contributed by atoms with Gasteiger partial charge in [0.1, 0.15) is 11.6 Å². The van der Waals surface area contributed by atoms with E-state index in [1.54, 1.807) is 30.0 Å². The first-order valence-corrected chi connectivity index (χ1v) is 11.0. The molecule has 2 N–H and O–H groups in total. The number of benzene rings is 2. The van der Waals surface area contributed by atoms with E-state index in [2.05, 4.69) is 20.7 Å². The van der Waals surface area contributed by atoms with Crippen molar-refractivity contribution in [2.75, 3.05) is 17.7 Å². The number of thiophene rings is 1. The van der Waals surface area contributed by atoms with Gasteiger partial charge in [0.15, 0.2) is 0 Å². The summed E-state index contributed by atoms with van der Waals surface area (Å²) in [5.74, 6) is 0.979. The Kier molecular flexibility index (Phi) is 5.32. The Labute approximate surface area is 187 Å². The molecular formula is C23H20FN5O2S. The fraction of sp³-hybridized carbons (Fsp3) is 0.174. The summed E-state index contributed by atoms with van der Waals surface area (Å²) in [4.78, 5) is 17.6. The molecule has 2 atom stereocenters. The summed E-state index contributed by atoms with van der Waals surface area (Å²) in [6, 6.07) is 17.6. The molecule has 1 amide bonds. The number of hydrogen-bond donors (Lipinski definition) is 2. The van der Waals surface area contributed by atoms with E-state index in [1.807, 2.05) is 35.7 Å². The van der Waals surface area contributed by atoms with E-state index in [4.69, 9.17) is 4.74 Å². The van der Waals surface area contributed by atoms with Crippen LogP contribution in [0.2, 0.25) is 0 Å². The Bertz CT molecular complexity index is 1220. The smallest absolute Gasteiger partial charge is 0.268 e. The van der Waals surface area contributed by atoms with Crippen LogP contribution in [0.4, 0.5) is 16.3 Å². The third-order valence-electron chi connectivity index (χ3n) is 5.43. The molecule has 32 heavy (non-hydrogen) atoms. The van der Waals surface area contributed by atoms with Gasteiger partial charge in [-0.15, -0.1) is 16.4 Å². The van der Waals surface area contributed by atoms with Crippen molar-refractivity contribution in [1.29, 1.82) is 0 Å². The van der Waals surface area contributed by atoms with E-state index in [-0.39, 0.29) is 29.8 Å². The standard InChI is InChI=1S/C23H20FN5O2S/c1-31-17-10-6-14(7-11-17)18-13-19(15-4-8-16(24)9-5-15)29-23(25-18)27-22(28-29)26-21(30)20-3-2-12-32-20/h2-12,18-19H,13H2,1H3,(H2,25,26,27,28,30). The van der Waals surface area contributed by atoms with Crippen LogP contribution < -0.4 is 15.4 Å². The fourth-order valence-corrected chi connectivity index (χ4v) is 4.44. The third-order valence-corrected chi connectivity index (χ3v) is 6.30. The van der Waals surface area contributed by atoms with Gasteiger partial charge in [-0.2, -0.15) is 4.98 Å². The Hall–Kier alpha value is -3.72. The Balaban J connectivity index is 1.48. The fourth-order valence-electron chi connectivity index (χ4n) is 3.82. The van der Waals surface area contributed by atoms with Crippen LogP contribution in [0.1, 0.15) is 39.3 Å². The highest BCUT2D eigenvalue weighted by molar-refractivity contribution is 7.12. The van der Waals surface area contributed by atoms with Gasteiger partial charge in [-0.3, -0.25) is 10.1 Å². The molecule has 0 spiro atoms. The molecule has 1 aliphatic heterocycles. The van der Waals surface area contributed by atoms with Gasteiger partial charge in [-0.25, -0.2) is 9.07 Å². The van der Waals surface area contributed by atoms with Gasteiger partial charge in [0.05, 0.1) is 24.1 Å². The molecule has 3 heterocycles. The molecular weight excluding hydrogens is 429 g/mol. The topological polar surface area (TPSA) is 81.1 Å². The molecule has 4 aromatic rings. The monoisotopic (exact) mass is 449 g/mol. The van der Waals surface area contributed by atoms with Crippen LogP contribution in [-0.4, -0.2) is 27.8 Å². The highest BCUT2D eigenvalue weighted by Crippen LogP contribution is 2.38.